The van der Waals surface area contributed by atoms with E-state index >= 15 is 0 Å². The van der Waals surface area contributed by atoms with Crippen molar-refractivity contribution >= 4 is 35.1 Å². The summed E-state index contributed by atoms with van der Waals surface area (Å²) in [4.78, 5) is 28.7. The zero-order valence-electron chi connectivity index (χ0n) is 10.7. The van der Waals surface area contributed by atoms with Gasteiger partial charge in [0.2, 0.25) is 0 Å². The summed E-state index contributed by atoms with van der Waals surface area (Å²) in [5, 5.41) is 0.256. The summed E-state index contributed by atoms with van der Waals surface area (Å²) in [6.45, 7) is 4.01. The molecule has 0 spiro atoms. The van der Waals surface area contributed by atoms with Crippen molar-refractivity contribution in [3.63, 3.8) is 0 Å². The fourth-order valence-corrected chi connectivity index (χ4v) is 1.92. The average molecular weight is 305 g/mol. The summed E-state index contributed by atoms with van der Waals surface area (Å²) in [6.07, 6.45) is 0. The van der Waals surface area contributed by atoms with Crippen molar-refractivity contribution in [2.24, 2.45) is 0 Å². The Kier molecular flexibility index (Phi) is 6.05. The van der Waals surface area contributed by atoms with Crippen LogP contribution in [0.2, 0.25) is 10.3 Å². The van der Waals surface area contributed by atoms with Gasteiger partial charge in [0.15, 0.2) is 0 Å². The summed E-state index contributed by atoms with van der Waals surface area (Å²) >= 11 is 11.5. The Morgan fingerprint density at radius 2 is 1.84 bits per heavy atom. The number of carbonyl (C=O) groups is 2. The summed E-state index contributed by atoms with van der Waals surface area (Å²) in [5.41, 5.74) is 0.288. The van der Waals surface area contributed by atoms with Gasteiger partial charge in [-0.25, -0.2) is 4.98 Å². The van der Waals surface area contributed by atoms with Crippen LogP contribution in [0.1, 0.15) is 24.2 Å². The number of hydrogen-bond donors (Lipinski definition) is 0. The lowest BCUT2D eigenvalue weighted by molar-refractivity contribution is -0.143. The largest absolute Gasteiger partial charge is 0.465 e. The van der Waals surface area contributed by atoms with Crippen molar-refractivity contribution in [1.82, 2.24) is 9.88 Å². The first kappa shape index (κ1) is 15.7. The van der Waals surface area contributed by atoms with E-state index in [2.05, 4.69) is 4.98 Å². The molecule has 0 aliphatic heterocycles. The molecule has 0 unspecified atom stereocenters. The number of carbonyl (C=O) groups excluding carboxylic acids is 2. The van der Waals surface area contributed by atoms with Gasteiger partial charge in [-0.05, 0) is 26.0 Å². The van der Waals surface area contributed by atoms with Gasteiger partial charge < -0.3 is 9.64 Å². The van der Waals surface area contributed by atoms with Gasteiger partial charge in [-0.1, -0.05) is 23.2 Å². The number of amides is 1. The molecular formula is C12H14Cl2N2O3. The van der Waals surface area contributed by atoms with E-state index in [1.807, 2.05) is 0 Å². The van der Waals surface area contributed by atoms with E-state index in [-0.39, 0.29) is 34.9 Å². The normalized spacial score (nSPS) is 10.1. The van der Waals surface area contributed by atoms with E-state index in [4.69, 9.17) is 27.9 Å². The predicted molar refractivity (Wildman–Crippen MR) is 72.5 cm³/mol. The van der Waals surface area contributed by atoms with Crippen LogP contribution >= 0.6 is 23.2 Å². The van der Waals surface area contributed by atoms with Crippen molar-refractivity contribution in [1.29, 1.82) is 0 Å². The number of hydrogen-bond acceptors (Lipinski definition) is 4. The molecule has 5 nitrogen and oxygen atoms in total. The molecule has 0 aliphatic rings. The molecule has 1 heterocycles. The second-order valence-corrected chi connectivity index (χ2v) is 4.40. The molecule has 19 heavy (non-hydrogen) atoms. The SMILES string of the molecule is CCOC(=O)CN(CC)C(=O)c1cc(Cl)nc(Cl)c1. The molecule has 0 N–H and O–H groups in total. The number of esters is 1. The van der Waals surface area contributed by atoms with Gasteiger partial charge in [-0.2, -0.15) is 0 Å². The third-order valence-electron chi connectivity index (χ3n) is 2.30. The fourth-order valence-electron chi connectivity index (χ4n) is 1.46. The minimum atomic E-state index is -0.455. The highest BCUT2D eigenvalue weighted by atomic mass is 35.5. The molecule has 1 aromatic rings. The summed E-state index contributed by atoms with van der Waals surface area (Å²) in [5.74, 6) is -0.800. The van der Waals surface area contributed by atoms with Crippen molar-refractivity contribution in [3.8, 4) is 0 Å². The Morgan fingerprint density at radius 1 is 1.26 bits per heavy atom. The van der Waals surface area contributed by atoms with Gasteiger partial charge >= 0.3 is 5.97 Å². The second-order valence-electron chi connectivity index (χ2n) is 3.63. The van der Waals surface area contributed by atoms with Crippen molar-refractivity contribution in [2.75, 3.05) is 19.7 Å². The summed E-state index contributed by atoms with van der Waals surface area (Å²) < 4.78 is 4.81. The standard InChI is InChI=1S/C12H14Cl2N2O3/c1-3-16(7-11(17)19-4-2)12(18)8-5-9(13)15-10(14)6-8/h5-6H,3-4,7H2,1-2H3. The molecule has 7 heteroatoms. The number of halogens is 2. The topological polar surface area (TPSA) is 59.5 Å². The number of aromatic nitrogens is 1. The van der Waals surface area contributed by atoms with Crippen LogP contribution in [0.5, 0.6) is 0 Å². The highest BCUT2D eigenvalue weighted by Crippen LogP contribution is 2.16. The van der Waals surface area contributed by atoms with Crippen LogP contribution in [-0.4, -0.2) is 41.5 Å². The Morgan fingerprint density at radius 3 is 2.32 bits per heavy atom. The first-order valence-electron chi connectivity index (χ1n) is 5.75. The highest BCUT2D eigenvalue weighted by Gasteiger charge is 2.19. The second kappa shape index (κ2) is 7.31. The zero-order valence-corrected chi connectivity index (χ0v) is 12.2. The molecule has 0 aliphatic carbocycles. The number of likely N-dealkylation sites (N-methyl/N-ethyl adjacent to an activating group) is 1. The van der Waals surface area contributed by atoms with Crippen LogP contribution in [0.25, 0.3) is 0 Å². The molecule has 0 radical (unpaired) electrons. The van der Waals surface area contributed by atoms with Crippen LogP contribution in [-0.2, 0) is 9.53 Å². The smallest absolute Gasteiger partial charge is 0.325 e. The lowest BCUT2D eigenvalue weighted by Gasteiger charge is -2.19. The maximum atomic E-state index is 12.2. The highest BCUT2D eigenvalue weighted by molar-refractivity contribution is 6.33. The molecule has 0 bridgehead atoms. The van der Waals surface area contributed by atoms with Crippen LogP contribution in [0.3, 0.4) is 0 Å². The molecule has 0 fully saturated rings. The van der Waals surface area contributed by atoms with Gasteiger partial charge in [0.25, 0.3) is 5.91 Å². The number of pyridine rings is 1. The molecule has 0 aromatic carbocycles. The maximum absolute atomic E-state index is 12.2. The minimum Gasteiger partial charge on any atom is -0.465 e. The van der Waals surface area contributed by atoms with Gasteiger partial charge in [0.05, 0.1) is 6.61 Å². The van der Waals surface area contributed by atoms with E-state index < -0.39 is 5.97 Å². The molecule has 0 saturated heterocycles. The van der Waals surface area contributed by atoms with Gasteiger partial charge in [-0.3, -0.25) is 9.59 Å². The van der Waals surface area contributed by atoms with Gasteiger partial charge in [0.1, 0.15) is 16.9 Å². The molecule has 1 rings (SSSR count). The first-order chi connectivity index (χ1) is 8.97. The fraction of sp³-hybridized carbons (Fsp3) is 0.417. The quantitative estimate of drug-likeness (QED) is 0.619. The minimum absolute atomic E-state index is 0.110. The van der Waals surface area contributed by atoms with Crippen molar-refractivity contribution in [3.05, 3.63) is 28.0 Å². The Bertz CT molecular complexity index is 460. The van der Waals surface area contributed by atoms with Crippen LogP contribution in [0.4, 0.5) is 0 Å². The predicted octanol–water partition coefficient (Wildman–Crippen LogP) is 2.41. The molecular weight excluding hydrogens is 291 g/mol. The lowest BCUT2D eigenvalue weighted by Crippen LogP contribution is -2.36. The van der Waals surface area contributed by atoms with Gasteiger partial charge in [0, 0.05) is 12.1 Å². The maximum Gasteiger partial charge on any atom is 0.325 e. The molecule has 0 saturated carbocycles. The van der Waals surface area contributed by atoms with E-state index in [1.165, 1.54) is 17.0 Å². The molecule has 0 atom stereocenters. The first-order valence-corrected chi connectivity index (χ1v) is 6.51. The number of nitrogens with zero attached hydrogens (tertiary/aromatic N) is 2. The van der Waals surface area contributed by atoms with Crippen LogP contribution in [0, 0.1) is 0 Å². The van der Waals surface area contributed by atoms with Crippen LogP contribution < -0.4 is 0 Å². The Labute approximate surface area is 121 Å². The van der Waals surface area contributed by atoms with Gasteiger partial charge in [-0.15, -0.1) is 0 Å². The Balaban J connectivity index is 2.86. The summed E-state index contributed by atoms with van der Waals surface area (Å²) in [6, 6.07) is 2.81. The van der Waals surface area contributed by atoms with E-state index in [0.29, 0.717) is 6.54 Å². The van der Waals surface area contributed by atoms with E-state index in [0.717, 1.165) is 0 Å². The van der Waals surface area contributed by atoms with E-state index in [9.17, 15) is 9.59 Å². The average Bonchev–Trinajstić information content (AvgIpc) is 2.34. The Hall–Kier alpha value is -1.33. The third kappa shape index (κ3) is 4.69. The zero-order chi connectivity index (χ0) is 14.4. The molecule has 1 amide bonds. The van der Waals surface area contributed by atoms with Crippen molar-refractivity contribution < 1.29 is 14.3 Å². The summed E-state index contributed by atoms with van der Waals surface area (Å²) in [7, 11) is 0. The molecule has 104 valence electrons. The van der Waals surface area contributed by atoms with Crippen molar-refractivity contribution in [2.45, 2.75) is 13.8 Å². The third-order valence-corrected chi connectivity index (χ3v) is 2.69. The monoisotopic (exact) mass is 304 g/mol. The van der Waals surface area contributed by atoms with E-state index in [1.54, 1.807) is 13.8 Å². The lowest BCUT2D eigenvalue weighted by atomic mass is 10.2. The number of ether oxygens (including phenoxy) is 1. The van der Waals surface area contributed by atoms with Crippen LogP contribution in [0.15, 0.2) is 12.1 Å². The number of rotatable bonds is 5. The molecule has 1 aromatic heterocycles.